The van der Waals surface area contributed by atoms with Gasteiger partial charge in [-0.2, -0.15) is 5.10 Å². The molecule has 0 spiro atoms. The molecule has 6 heteroatoms. The van der Waals surface area contributed by atoms with Gasteiger partial charge in [-0.15, -0.1) is 0 Å². The van der Waals surface area contributed by atoms with Gasteiger partial charge in [0, 0.05) is 36.2 Å². The number of nitrogens with one attached hydrogen (secondary N) is 1. The highest BCUT2D eigenvalue weighted by Gasteiger charge is 2.32. The summed E-state index contributed by atoms with van der Waals surface area (Å²) in [6.07, 6.45) is 2.64. The summed E-state index contributed by atoms with van der Waals surface area (Å²) >= 11 is 0. The number of carbonyl (C=O) groups is 2. The number of pyridine rings is 1. The van der Waals surface area contributed by atoms with Crippen LogP contribution in [0.4, 0.5) is 0 Å². The zero-order valence-electron chi connectivity index (χ0n) is 13.3. The summed E-state index contributed by atoms with van der Waals surface area (Å²) in [5.74, 6) is -0.866. The van der Waals surface area contributed by atoms with Gasteiger partial charge in [-0.3, -0.25) is 24.6 Å². The van der Waals surface area contributed by atoms with Gasteiger partial charge in [0.2, 0.25) is 11.8 Å². The van der Waals surface area contributed by atoms with E-state index in [2.05, 4.69) is 36.2 Å². The molecule has 0 radical (unpaired) electrons. The van der Waals surface area contributed by atoms with E-state index in [-0.39, 0.29) is 23.1 Å². The largest absolute Gasteiger partial charge is 0.296 e. The van der Waals surface area contributed by atoms with E-state index in [9.17, 15) is 9.59 Å². The first-order valence-corrected chi connectivity index (χ1v) is 7.44. The summed E-state index contributed by atoms with van der Waals surface area (Å²) in [6.45, 7) is 6.33. The van der Waals surface area contributed by atoms with Gasteiger partial charge in [0.05, 0.1) is 17.1 Å². The number of aromatic nitrogens is 3. The molecule has 0 bridgehead atoms. The van der Waals surface area contributed by atoms with Crippen molar-refractivity contribution in [3.8, 4) is 0 Å². The summed E-state index contributed by atoms with van der Waals surface area (Å²) in [5.41, 5.74) is 2.60. The average molecular weight is 300 g/mol. The number of piperidine rings is 1. The van der Waals surface area contributed by atoms with Crippen LogP contribution in [0.25, 0.3) is 10.9 Å². The SMILES string of the molecule is Cn1nc(C2CCC(=O)NC2=O)c2cnc(C(C)(C)C)cc21. The first kappa shape index (κ1) is 14.7. The number of imide groups is 1. The van der Waals surface area contributed by atoms with Crippen molar-refractivity contribution in [2.45, 2.75) is 44.9 Å². The second-order valence-corrected chi connectivity index (χ2v) is 6.85. The molecule has 1 aliphatic heterocycles. The summed E-state index contributed by atoms with van der Waals surface area (Å²) < 4.78 is 1.78. The molecule has 1 fully saturated rings. The molecule has 1 aliphatic rings. The summed E-state index contributed by atoms with van der Waals surface area (Å²) in [4.78, 5) is 27.9. The Kier molecular flexibility index (Phi) is 3.27. The Balaban J connectivity index is 2.09. The summed E-state index contributed by atoms with van der Waals surface area (Å²) in [6, 6.07) is 2.03. The Morgan fingerprint density at radius 1 is 1.32 bits per heavy atom. The fraction of sp³-hybridized carbons (Fsp3) is 0.500. The molecule has 1 atom stereocenters. The van der Waals surface area contributed by atoms with Crippen molar-refractivity contribution in [1.29, 1.82) is 0 Å². The maximum absolute atomic E-state index is 12.1. The number of aryl methyl sites for hydroxylation is 1. The maximum atomic E-state index is 12.1. The van der Waals surface area contributed by atoms with E-state index in [0.717, 1.165) is 16.6 Å². The Morgan fingerprint density at radius 2 is 2.05 bits per heavy atom. The van der Waals surface area contributed by atoms with Crippen LogP contribution in [0, 0.1) is 0 Å². The van der Waals surface area contributed by atoms with E-state index in [1.54, 1.807) is 10.9 Å². The van der Waals surface area contributed by atoms with E-state index < -0.39 is 0 Å². The van der Waals surface area contributed by atoms with Gasteiger partial charge in [0.25, 0.3) is 0 Å². The van der Waals surface area contributed by atoms with E-state index in [1.807, 2.05) is 13.1 Å². The highest BCUT2D eigenvalue weighted by atomic mass is 16.2. The van der Waals surface area contributed by atoms with Crippen LogP contribution in [-0.4, -0.2) is 26.6 Å². The van der Waals surface area contributed by atoms with Crippen LogP contribution in [0.3, 0.4) is 0 Å². The number of hydrogen-bond acceptors (Lipinski definition) is 4. The lowest BCUT2D eigenvalue weighted by Crippen LogP contribution is -2.39. The van der Waals surface area contributed by atoms with Crippen molar-refractivity contribution in [1.82, 2.24) is 20.1 Å². The number of carbonyl (C=O) groups excluding carboxylic acids is 2. The molecule has 0 saturated carbocycles. The lowest BCUT2D eigenvalue weighted by molar-refractivity contribution is -0.134. The molecule has 22 heavy (non-hydrogen) atoms. The lowest BCUT2D eigenvalue weighted by Gasteiger charge is -2.19. The molecule has 0 aliphatic carbocycles. The zero-order chi connectivity index (χ0) is 16.1. The molecule has 116 valence electrons. The Bertz CT molecular complexity index is 770. The molecule has 2 aromatic rings. The minimum absolute atomic E-state index is 0.0484. The van der Waals surface area contributed by atoms with E-state index in [1.165, 1.54) is 0 Å². The predicted octanol–water partition coefficient (Wildman–Crippen LogP) is 1.79. The molecular weight excluding hydrogens is 280 g/mol. The van der Waals surface area contributed by atoms with E-state index in [4.69, 9.17) is 0 Å². The van der Waals surface area contributed by atoms with Crippen LogP contribution in [0.5, 0.6) is 0 Å². The highest BCUT2D eigenvalue weighted by molar-refractivity contribution is 6.02. The number of nitrogens with zero attached hydrogens (tertiary/aromatic N) is 3. The van der Waals surface area contributed by atoms with Crippen molar-refractivity contribution in [3.05, 3.63) is 23.7 Å². The highest BCUT2D eigenvalue weighted by Crippen LogP contribution is 2.31. The van der Waals surface area contributed by atoms with E-state index >= 15 is 0 Å². The predicted molar refractivity (Wildman–Crippen MR) is 82.3 cm³/mol. The van der Waals surface area contributed by atoms with Crippen LogP contribution < -0.4 is 5.32 Å². The van der Waals surface area contributed by atoms with Gasteiger partial charge in [0.15, 0.2) is 0 Å². The summed E-state index contributed by atoms with van der Waals surface area (Å²) in [7, 11) is 1.87. The molecule has 1 unspecified atom stereocenters. The van der Waals surface area contributed by atoms with Gasteiger partial charge >= 0.3 is 0 Å². The zero-order valence-corrected chi connectivity index (χ0v) is 13.3. The van der Waals surface area contributed by atoms with Crippen molar-refractivity contribution in [2.24, 2.45) is 7.05 Å². The second kappa shape index (κ2) is 4.90. The smallest absolute Gasteiger partial charge is 0.235 e. The van der Waals surface area contributed by atoms with Crippen molar-refractivity contribution < 1.29 is 9.59 Å². The lowest BCUT2D eigenvalue weighted by atomic mass is 9.90. The van der Waals surface area contributed by atoms with Gasteiger partial charge in [-0.05, 0) is 12.5 Å². The molecule has 2 amide bonds. The molecule has 6 nitrogen and oxygen atoms in total. The fourth-order valence-electron chi connectivity index (χ4n) is 2.80. The van der Waals surface area contributed by atoms with Gasteiger partial charge < -0.3 is 0 Å². The second-order valence-electron chi connectivity index (χ2n) is 6.85. The normalized spacial score (nSPS) is 19.5. The Hall–Kier alpha value is -2.24. The van der Waals surface area contributed by atoms with Gasteiger partial charge in [-0.25, -0.2) is 0 Å². The van der Waals surface area contributed by atoms with Crippen LogP contribution >= 0.6 is 0 Å². The van der Waals surface area contributed by atoms with Gasteiger partial charge in [0.1, 0.15) is 0 Å². The minimum Gasteiger partial charge on any atom is -0.296 e. The number of hydrogen-bond donors (Lipinski definition) is 1. The standard InChI is InChI=1S/C16H20N4O2/c1-16(2,3)12-7-11-10(8-17-12)14(19-20(11)4)9-5-6-13(21)18-15(9)22/h7-9H,5-6H2,1-4H3,(H,18,21,22). The van der Waals surface area contributed by atoms with Crippen LogP contribution in [-0.2, 0) is 22.1 Å². The third kappa shape index (κ3) is 2.38. The number of rotatable bonds is 1. The van der Waals surface area contributed by atoms with Crippen molar-refractivity contribution >= 4 is 22.7 Å². The van der Waals surface area contributed by atoms with E-state index in [0.29, 0.717) is 18.5 Å². The first-order valence-electron chi connectivity index (χ1n) is 7.44. The third-order valence-electron chi connectivity index (χ3n) is 4.10. The number of amides is 2. The molecule has 3 rings (SSSR count). The minimum atomic E-state index is -0.385. The molecule has 3 heterocycles. The first-order chi connectivity index (χ1) is 10.3. The molecular formula is C16H20N4O2. The summed E-state index contributed by atoms with van der Waals surface area (Å²) in [5, 5.41) is 7.79. The van der Waals surface area contributed by atoms with Crippen LogP contribution in [0.2, 0.25) is 0 Å². The van der Waals surface area contributed by atoms with Crippen LogP contribution in [0.15, 0.2) is 12.3 Å². The average Bonchev–Trinajstić information content (AvgIpc) is 2.75. The fourth-order valence-corrected chi connectivity index (χ4v) is 2.80. The quantitative estimate of drug-likeness (QED) is 0.815. The van der Waals surface area contributed by atoms with Crippen molar-refractivity contribution in [2.75, 3.05) is 0 Å². The molecule has 2 aromatic heterocycles. The molecule has 1 saturated heterocycles. The topological polar surface area (TPSA) is 76.9 Å². The Morgan fingerprint density at radius 3 is 2.68 bits per heavy atom. The maximum Gasteiger partial charge on any atom is 0.235 e. The number of fused-ring (bicyclic) bond motifs is 1. The van der Waals surface area contributed by atoms with Gasteiger partial charge in [-0.1, -0.05) is 20.8 Å². The Labute approximate surface area is 128 Å². The monoisotopic (exact) mass is 300 g/mol. The molecule has 1 N–H and O–H groups in total. The molecule has 0 aromatic carbocycles. The van der Waals surface area contributed by atoms with Crippen molar-refractivity contribution in [3.63, 3.8) is 0 Å². The third-order valence-corrected chi connectivity index (χ3v) is 4.10. The van der Waals surface area contributed by atoms with Crippen LogP contribution in [0.1, 0.15) is 50.9 Å².